The summed E-state index contributed by atoms with van der Waals surface area (Å²) in [5.74, 6) is 0.932. The molecule has 2 aromatic rings. The van der Waals surface area contributed by atoms with Crippen LogP contribution in [0, 0.1) is 0 Å². The van der Waals surface area contributed by atoms with Crippen molar-refractivity contribution in [2.45, 2.75) is 49.2 Å². The molecule has 2 aliphatic heterocycles. The van der Waals surface area contributed by atoms with E-state index in [0.717, 1.165) is 23.1 Å². The molecule has 188 valence electrons. The number of benzene rings is 2. The molecule has 2 heterocycles. The van der Waals surface area contributed by atoms with Crippen LogP contribution in [0.5, 0.6) is 5.75 Å². The molecule has 5 atom stereocenters. The van der Waals surface area contributed by atoms with Gasteiger partial charge in [-0.1, -0.05) is 28.1 Å². The Morgan fingerprint density at radius 1 is 1.03 bits per heavy atom. The second kappa shape index (κ2) is 10.4. The number of aliphatic hydroxyl groups is 2. The Hall–Kier alpha value is -2.17. The molecule has 0 aromatic heterocycles. The molecule has 3 aliphatic rings. The number of halogens is 1. The molecule has 1 saturated carbocycles. The van der Waals surface area contributed by atoms with Gasteiger partial charge in [0.2, 0.25) is 0 Å². The molecule has 3 fully saturated rings. The zero-order valence-electron chi connectivity index (χ0n) is 19.7. The van der Waals surface area contributed by atoms with Crippen molar-refractivity contribution in [2.24, 2.45) is 0 Å². The van der Waals surface area contributed by atoms with Gasteiger partial charge in [0.1, 0.15) is 5.75 Å². The molecule has 3 N–H and O–H groups in total. The standard InChI is InChI=1S/C26H32BrN3O5/c1-34-15-22-25(16-2-4-17(27)5-3-16)21-12-29(13-23(31)24(32)14-30(21)22)26(33)28-18-6-8-19(9-7-18)35-20-10-11-20/h2-9,20-25,31-32H,10-15H2,1H3,(H,28,33)/t21-,22+,23-,24+,25+/m0/s1. The number of hydrogen-bond acceptors (Lipinski definition) is 6. The third-order valence-corrected chi connectivity index (χ3v) is 7.68. The van der Waals surface area contributed by atoms with Crippen LogP contribution < -0.4 is 10.1 Å². The zero-order valence-corrected chi connectivity index (χ0v) is 21.3. The van der Waals surface area contributed by atoms with Crippen LogP contribution in [0.4, 0.5) is 10.5 Å². The first-order chi connectivity index (χ1) is 16.9. The number of carbonyl (C=O) groups is 1. The normalized spacial score (nSPS) is 28.9. The summed E-state index contributed by atoms with van der Waals surface area (Å²) < 4.78 is 12.3. The first kappa shape index (κ1) is 24.5. The molecule has 9 heteroatoms. The van der Waals surface area contributed by atoms with Gasteiger partial charge in [-0.25, -0.2) is 4.79 Å². The molecule has 1 aliphatic carbocycles. The van der Waals surface area contributed by atoms with Gasteiger partial charge in [0.25, 0.3) is 0 Å². The fourth-order valence-electron chi connectivity index (χ4n) is 5.15. The molecule has 0 radical (unpaired) electrons. The molecular formula is C26H32BrN3O5. The Balaban J connectivity index is 1.33. The average molecular weight is 546 g/mol. The summed E-state index contributed by atoms with van der Waals surface area (Å²) in [6.45, 7) is 1.33. The number of methoxy groups -OCH3 is 1. The van der Waals surface area contributed by atoms with Crippen LogP contribution in [0.1, 0.15) is 24.3 Å². The van der Waals surface area contributed by atoms with Crippen LogP contribution in [0.3, 0.4) is 0 Å². The van der Waals surface area contributed by atoms with Crippen molar-refractivity contribution in [3.63, 3.8) is 0 Å². The number of hydrogen-bond donors (Lipinski definition) is 3. The van der Waals surface area contributed by atoms with E-state index >= 15 is 0 Å². The molecule has 5 rings (SSSR count). The van der Waals surface area contributed by atoms with Gasteiger partial charge in [0.15, 0.2) is 0 Å². The summed E-state index contributed by atoms with van der Waals surface area (Å²) in [6, 6.07) is 15.3. The minimum Gasteiger partial charge on any atom is -0.490 e. The van der Waals surface area contributed by atoms with Crippen LogP contribution >= 0.6 is 15.9 Å². The Kier molecular flexibility index (Phi) is 7.31. The fourth-order valence-corrected chi connectivity index (χ4v) is 5.42. The van der Waals surface area contributed by atoms with Crippen molar-refractivity contribution in [3.8, 4) is 5.75 Å². The maximum absolute atomic E-state index is 13.3. The predicted octanol–water partition coefficient (Wildman–Crippen LogP) is 3.04. The molecule has 2 amide bonds. The van der Waals surface area contributed by atoms with Crippen LogP contribution in [0.15, 0.2) is 53.0 Å². The van der Waals surface area contributed by atoms with Crippen molar-refractivity contribution in [3.05, 3.63) is 58.6 Å². The van der Waals surface area contributed by atoms with Gasteiger partial charge >= 0.3 is 6.03 Å². The predicted molar refractivity (Wildman–Crippen MR) is 136 cm³/mol. The topological polar surface area (TPSA) is 94.5 Å². The molecule has 0 bridgehead atoms. The highest BCUT2D eigenvalue weighted by Gasteiger charge is 2.51. The average Bonchev–Trinajstić information content (AvgIpc) is 3.66. The van der Waals surface area contributed by atoms with Crippen molar-refractivity contribution >= 4 is 27.6 Å². The van der Waals surface area contributed by atoms with Crippen molar-refractivity contribution in [1.82, 2.24) is 9.80 Å². The number of β-amino-alcohol motifs (C(OH)–C–C–N with tert-alkyl or cyclic N) is 1. The maximum atomic E-state index is 13.3. The second-order valence-electron chi connectivity index (χ2n) is 9.68. The van der Waals surface area contributed by atoms with Gasteiger partial charge in [-0.05, 0) is 54.8 Å². The highest BCUT2D eigenvalue weighted by molar-refractivity contribution is 9.10. The van der Waals surface area contributed by atoms with Crippen molar-refractivity contribution < 1.29 is 24.5 Å². The lowest BCUT2D eigenvalue weighted by Crippen LogP contribution is -2.71. The number of rotatable bonds is 6. The van der Waals surface area contributed by atoms with E-state index in [4.69, 9.17) is 9.47 Å². The Labute approximate surface area is 213 Å². The number of amides is 2. The number of fused-ring (bicyclic) bond motifs is 1. The van der Waals surface area contributed by atoms with Gasteiger partial charge in [-0.15, -0.1) is 0 Å². The SMILES string of the molecule is COC[C@@H]1[C@H](c2ccc(Br)cc2)[C@@H]2CN(C(=O)Nc3ccc(OC4CC4)cc3)C[C@H](O)[C@H](O)CN12. The number of anilines is 1. The number of urea groups is 1. The van der Waals surface area contributed by atoms with Crippen LogP contribution in [-0.4, -0.2) is 89.8 Å². The highest BCUT2D eigenvalue weighted by atomic mass is 79.9. The second-order valence-corrected chi connectivity index (χ2v) is 10.6. The summed E-state index contributed by atoms with van der Waals surface area (Å²) in [6.07, 6.45) is 0.497. The number of ether oxygens (including phenoxy) is 2. The Morgan fingerprint density at radius 2 is 1.71 bits per heavy atom. The number of nitrogens with one attached hydrogen (secondary N) is 1. The minimum absolute atomic E-state index is 0.00135. The lowest BCUT2D eigenvalue weighted by atomic mass is 9.74. The molecule has 0 unspecified atom stereocenters. The smallest absolute Gasteiger partial charge is 0.321 e. The van der Waals surface area contributed by atoms with E-state index in [0.29, 0.717) is 31.5 Å². The van der Waals surface area contributed by atoms with Crippen molar-refractivity contribution in [2.75, 3.05) is 38.7 Å². The fraction of sp³-hybridized carbons (Fsp3) is 0.500. The van der Waals surface area contributed by atoms with E-state index in [1.165, 1.54) is 5.56 Å². The van der Waals surface area contributed by atoms with Crippen LogP contribution in [0.2, 0.25) is 0 Å². The zero-order chi connectivity index (χ0) is 24.5. The van der Waals surface area contributed by atoms with Crippen molar-refractivity contribution in [1.29, 1.82) is 0 Å². The summed E-state index contributed by atoms with van der Waals surface area (Å²) in [5.41, 5.74) is 1.82. The number of aliphatic hydroxyl groups excluding tert-OH is 2. The quantitative estimate of drug-likeness (QED) is 0.516. The van der Waals surface area contributed by atoms with Gasteiger partial charge in [-0.2, -0.15) is 0 Å². The van der Waals surface area contributed by atoms with Gasteiger partial charge < -0.3 is 29.9 Å². The van der Waals surface area contributed by atoms with E-state index in [1.807, 2.05) is 36.4 Å². The first-order valence-corrected chi connectivity index (χ1v) is 12.9. The number of nitrogens with zero attached hydrogens (tertiary/aromatic N) is 2. The third-order valence-electron chi connectivity index (χ3n) is 7.15. The lowest BCUT2D eigenvalue weighted by molar-refractivity contribution is -0.116. The largest absolute Gasteiger partial charge is 0.490 e. The van der Waals surface area contributed by atoms with Gasteiger partial charge in [-0.3, -0.25) is 4.90 Å². The summed E-state index contributed by atoms with van der Waals surface area (Å²) in [5, 5.41) is 24.2. The molecule has 8 nitrogen and oxygen atoms in total. The minimum atomic E-state index is -1.04. The summed E-state index contributed by atoms with van der Waals surface area (Å²) in [4.78, 5) is 17.0. The number of carbonyl (C=O) groups excluding carboxylic acids is 1. The van der Waals surface area contributed by atoms with Crippen LogP contribution in [-0.2, 0) is 4.74 Å². The van der Waals surface area contributed by atoms with Gasteiger partial charge in [0.05, 0.1) is 31.5 Å². The molecule has 0 spiro atoms. The van der Waals surface area contributed by atoms with Crippen LogP contribution in [0.25, 0.3) is 0 Å². The first-order valence-electron chi connectivity index (χ1n) is 12.1. The highest BCUT2D eigenvalue weighted by Crippen LogP contribution is 2.42. The summed E-state index contributed by atoms with van der Waals surface area (Å²) in [7, 11) is 1.67. The molecular weight excluding hydrogens is 514 g/mol. The molecule has 2 saturated heterocycles. The van der Waals surface area contributed by atoms with E-state index in [-0.39, 0.29) is 30.6 Å². The Bertz CT molecular complexity index is 1020. The molecule has 35 heavy (non-hydrogen) atoms. The van der Waals surface area contributed by atoms with E-state index in [1.54, 1.807) is 12.0 Å². The third kappa shape index (κ3) is 5.49. The monoisotopic (exact) mass is 545 g/mol. The van der Waals surface area contributed by atoms with E-state index in [2.05, 4.69) is 38.3 Å². The lowest BCUT2D eigenvalue weighted by Gasteiger charge is -2.58. The van der Waals surface area contributed by atoms with E-state index in [9.17, 15) is 15.0 Å². The Morgan fingerprint density at radius 3 is 2.37 bits per heavy atom. The van der Waals surface area contributed by atoms with E-state index < -0.39 is 12.2 Å². The molecule has 2 aromatic carbocycles. The van der Waals surface area contributed by atoms with Gasteiger partial charge in [0, 0.05) is 48.4 Å². The summed E-state index contributed by atoms with van der Waals surface area (Å²) >= 11 is 3.50. The maximum Gasteiger partial charge on any atom is 0.321 e.